The van der Waals surface area contributed by atoms with Gasteiger partial charge < -0.3 is 20.5 Å². The van der Waals surface area contributed by atoms with Gasteiger partial charge >= 0.3 is 6.09 Å². The number of amides is 1. The van der Waals surface area contributed by atoms with Crippen LogP contribution in [0.1, 0.15) is 27.2 Å². The van der Waals surface area contributed by atoms with Crippen LogP contribution in [0.15, 0.2) is 22.7 Å². The largest absolute Gasteiger partial charge is 0.444 e. The van der Waals surface area contributed by atoms with Gasteiger partial charge in [0.2, 0.25) is 0 Å². The summed E-state index contributed by atoms with van der Waals surface area (Å²) in [5, 5.41) is 21.3. The monoisotopic (exact) mass is 415 g/mol. The predicted octanol–water partition coefficient (Wildman–Crippen LogP) is 2.81. The molecule has 1 fully saturated rings. The average molecular weight is 416 g/mol. The topological polar surface area (TPSA) is 119 Å². The first kappa shape index (κ1) is 19.5. The lowest BCUT2D eigenvalue weighted by Gasteiger charge is -2.40. The molecule has 138 valence electrons. The van der Waals surface area contributed by atoms with Gasteiger partial charge in [0.15, 0.2) is 0 Å². The fourth-order valence-electron chi connectivity index (χ4n) is 3.52. The van der Waals surface area contributed by atoms with Crippen LogP contribution in [0.2, 0.25) is 0 Å². The van der Waals surface area contributed by atoms with Crippen molar-refractivity contribution in [3.63, 3.8) is 0 Å². The second kappa shape index (κ2) is 7.17. The minimum absolute atomic E-state index is 0.0735. The lowest BCUT2D eigenvalue weighted by Crippen LogP contribution is -2.49. The summed E-state index contributed by atoms with van der Waals surface area (Å²) >= 11 is 3.34. The first-order valence-corrected chi connectivity index (χ1v) is 8.64. The zero-order chi connectivity index (χ0) is 18.9. The molecule has 0 saturated carbocycles. The molecule has 0 bridgehead atoms. The highest BCUT2D eigenvalue weighted by Gasteiger charge is 2.50. The number of benzene rings is 1. The third-order valence-electron chi connectivity index (χ3n) is 4.33. The average Bonchev–Trinajstić information content (AvgIpc) is 2.84. The number of primary amides is 1. The Kier molecular flexibility index (Phi) is 5.58. The molecule has 0 radical (unpaired) electrons. The van der Waals surface area contributed by atoms with E-state index in [1.807, 2.05) is 20.8 Å². The van der Waals surface area contributed by atoms with E-state index in [1.54, 1.807) is 17.0 Å². The van der Waals surface area contributed by atoms with Gasteiger partial charge in [-0.05, 0) is 17.5 Å². The number of hydrogen-bond acceptors (Lipinski definition) is 6. The van der Waals surface area contributed by atoms with Crippen LogP contribution in [-0.2, 0) is 4.74 Å². The first-order chi connectivity index (χ1) is 11.6. The molecule has 1 aromatic carbocycles. The molecule has 1 aromatic rings. The zero-order valence-electron chi connectivity index (χ0n) is 14.3. The summed E-state index contributed by atoms with van der Waals surface area (Å²) < 4.78 is 5.95. The molecule has 3 atom stereocenters. The van der Waals surface area contributed by atoms with Crippen LogP contribution in [0.4, 0.5) is 16.2 Å². The summed E-state index contributed by atoms with van der Waals surface area (Å²) in [7, 11) is 0. The van der Waals surface area contributed by atoms with Crippen molar-refractivity contribution in [2.75, 3.05) is 11.5 Å². The van der Waals surface area contributed by atoms with Crippen LogP contribution >= 0.6 is 15.9 Å². The van der Waals surface area contributed by atoms with Gasteiger partial charge in [0.25, 0.3) is 5.69 Å². The van der Waals surface area contributed by atoms with Gasteiger partial charge in [-0.2, -0.15) is 0 Å². The molecule has 0 aromatic heterocycles. The highest BCUT2D eigenvalue weighted by atomic mass is 79.9. The van der Waals surface area contributed by atoms with Crippen LogP contribution in [0, 0.1) is 15.5 Å². The molecule has 1 amide bonds. The molecule has 8 nitrogen and oxygen atoms in total. The quantitative estimate of drug-likeness (QED) is 0.576. The Morgan fingerprint density at radius 3 is 2.64 bits per heavy atom. The highest BCUT2D eigenvalue weighted by Crippen LogP contribution is 2.44. The van der Waals surface area contributed by atoms with Gasteiger partial charge in [-0.3, -0.25) is 10.1 Å². The van der Waals surface area contributed by atoms with Crippen molar-refractivity contribution in [1.82, 2.24) is 0 Å². The van der Waals surface area contributed by atoms with Gasteiger partial charge in [-0.15, -0.1) is 0 Å². The number of carbonyl (C=O) groups excluding carboxylic acids is 1. The molecular formula is C16H22BrN3O5. The maximum absolute atomic E-state index is 11.5. The van der Waals surface area contributed by atoms with Crippen LogP contribution in [0.25, 0.3) is 0 Å². The first-order valence-electron chi connectivity index (χ1n) is 7.85. The standard InChI is InChI=1S/C16H22BrN3O5/c1-16(2,3)14-13(25-15(18)22)7-10(8-21)19(14)12-6-9(17)4-5-11(12)20(23)24/h4-6,10,13-14,21H,7-8H2,1-3H3,(H2,18,22)/t10-,13-,14?/m0/s1. The Morgan fingerprint density at radius 1 is 1.52 bits per heavy atom. The number of carbonyl (C=O) groups is 1. The van der Waals surface area contributed by atoms with E-state index < -0.39 is 23.2 Å². The maximum Gasteiger partial charge on any atom is 0.404 e. The molecule has 0 spiro atoms. The van der Waals surface area contributed by atoms with E-state index in [4.69, 9.17) is 10.5 Å². The van der Waals surface area contributed by atoms with Gasteiger partial charge in [0.05, 0.1) is 23.6 Å². The van der Waals surface area contributed by atoms with E-state index in [0.29, 0.717) is 16.6 Å². The number of nitro groups is 1. The Morgan fingerprint density at radius 2 is 2.16 bits per heavy atom. The molecule has 1 heterocycles. The van der Waals surface area contributed by atoms with E-state index >= 15 is 0 Å². The Labute approximate surface area is 154 Å². The van der Waals surface area contributed by atoms with E-state index in [9.17, 15) is 20.0 Å². The smallest absolute Gasteiger partial charge is 0.404 e. The second-order valence-corrected chi connectivity index (χ2v) is 8.07. The van der Waals surface area contributed by atoms with Crippen molar-refractivity contribution < 1.29 is 19.6 Å². The van der Waals surface area contributed by atoms with E-state index in [-0.39, 0.29) is 23.8 Å². The Balaban J connectivity index is 2.61. The molecule has 1 unspecified atom stereocenters. The van der Waals surface area contributed by atoms with E-state index in [2.05, 4.69) is 15.9 Å². The third kappa shape index (κ3) is 4.04. The number of hydrogen-bond donors (Lipinski definition) is 2. The van der Waals surface area contributed by atoms with Crippen LogP contribution in [0.3, 0.4) is 0 Å². The fourth-order valence-corrected chi connectivity index (χ4v) is 3.87. The van der Waals surface area contributed by atoms with Crippen LogP contribution < -0.4 is 10.6 Å². The molecule has 1 saturated heterocycles. The summed E-state index contributed by atoms with van der Waals surface area (Å²) in [5.74, 6) is 0. The number of anilines is 1. The molecule has 0 aliphatic carbocycles. The number of rotatable bonds is 4. The molecule has 3 N–H and O–H groups in total. The molecule has 25 heavy (non-hydrogen) atoms. The molecular weight excluding hydrogens is 394 g/mol. The number of aliphatic hydroxyl groups excluding tert-OH is 1. The summed E-state index contributed by atoms with van der Waals surface area (Å²) in [4.78, 5) is 24.1. The lowest BCUT2D eigenvalue weighted by molar-refractivity contribution is -0.384. The molecule has 9 heteroatoms. The number of aliphatic hydroxyl groups is 1. The molecule has 1 aliphatic rings. The van der Waals surface area contributed by atoms with Crippen molar-refractivity contribution in [1.29, 1.82) is 0 Å². The Hall–Kier alpha value is -1.87. The normalized spacial score (nSPS) is 23.6. The van der Waals surface area contributed by atoms with E-state index in [0.717, 1.165) is 0 Å². The number of halogens is 1. The lowest BCUT2D eigenvalue weighted by atomic mass is 9.83. The molecule has 2 rings (SSSR count). The van der Waals surface area contributed by atoms with Crippen molar-refractivity contribution >= 4 is 33.4 Å². The number of nitrogens with two attached hydrogens (primary N) is 1. The predicted molar refractivity (Wildman–Crippen MR) is 96.5 cm³/mol. The molecule has 1 aliphatic heterocycles. The minimum Gasteiger partial charge on any atom is -0.444 e. The van der Waals surface area contributed by atoms with Gasteiger partial charge in [0.1, 0.15) is 11.8 Å². The second-order valence-electron chi connectivity index (χ2n) is 7.16. The fraction of sp³-hybridized carbons (Fsp3) is 0.562. The van der Waals surface area contributed by atoms with Crippen LogP contribution in [0.5, 0.6) is 0 Å². The minimum atomic E-state index is -0.901. The zero-order valence-corrected chi connectivity index (χ0v) is 15.9. The van der Waals surface area contributed by atoms with Crippen molar-refractivity contribution in [3.8, 4) is 0 Å². The number of ether oxygens (including phenoxy) is 1. The highest BCUT2D eigenvalue weighted by molar-refractivity contribution is 9.10. The SMILES string of the molecule is CC(C)(C)C1[C@@H](OC(N)=O)C[C@@H](CO)N1c1cc(Br)ccc1[N+](=O)[O-]. The van der Waals surface area contributed by atoms with Crippen LogP contribution in [-0.4, -0.2) is 40.9 Å². The number of nitrogens with zero attached hydrogens (tertiary/aromatic N) is 2. The summed E-state index contributed by atoms with van der Waals surface area (Å²) in [6.45, 7) is 5.62. The van der Waals surface area contributed by atoms with Crippen molar-refractivity contribution in [2.45, 2.75) is 45.4 Å². The van der Waals surface area contributed by atoms with Gasteiger partial charge in [-0.25, -0.2) is 4.79 Å². The van der Waals surface area contributed by atoms with Crippen molar-refractivity contribution in [2.24, 2.45) is 11.1 Å². The number of nitro benzene ring substituents is 1. The maximum atomic E-state index is 11.5. The summed E-state index contributed by atoms with van der Waals surface area (Å²) in [6.07, 6.45) is -1.14. The van der Waals surface area contributed by atoms with Crippen molar-refractivity contribution in [3.05, 3.63) is 32.8 Å². The Bertz CT molecular complexity index is 676. The summed E-state index contributed by atoms with van der Waals surface area (Å²) in [6, 6.07) is 3.84. The van der Waals surface area contributed by atoms with E-state index in [1.165, 1.54) is 6.07 Å². The van der Waals surface area contributed by atoms with Gasteiger partial charge in [0, 0.05) is 17.0 Å². The third-order valence-corrected chi connectivity index (χ3v) is 4.82. The van der Waals surface area contributed by atoms with Gasteiger partial charge in [-0.1, -0.05) is 36.7 Å². The summed E-state index contributed by atoms with van der Waals surface area (Å²) in [5.41, 5.74) is 5.10.